The lowest BCUT2D eigenvalue weighted by Crippen LogP contribution is -2.42. The molecular formula is C17H21N3O3. The molecule has 3 N–H and O–H groups in total. The molecule has 2 saturated carbocycles. The Morgan fingerprint density at radius 2 is 2.13 bits per heavy atom. The van der Waals surface area contributed by atoms with Crippen LogP contribution in [0.15, 0.2) is 18.2 Å². The molecule has 6 nitrogen and oxygen atoms in total. The molecule has 23 heavy (non-hydrogen) atoms. The van der Waals surface area contributed by atoms with Gasteiger partial charge >= 0.3 is 0 Å². The fourth-order valence-electron chi connectivity index (χ4n) is 4.30. The van der Waals surface area contributed by atoms with E-state index in [1.54, 1.807) is 30.1 Å². The second-order valence-corrected chi connectivity index (χ2v) is 6.85. The predicted octanol–water partition coefficient (Wildman–Crippen LogP) is 1.35. The van der Waals surface area contributed by atoms with Crippen LogP contribution in [0.2, 0.25) is 0 Å². The molecule has 0 radical (unpaired) electrons. The number of rotatable bonds is 2. The third-order valence-electron chi connectivity index (χ3n) is 5.60. The summed E-state index contributed by atoms with van der Waals surface area (Å²) in [5.74, 6) is 1.37. The number of fused-ring (bicyclic) bond motifs is 3. The minimum atomic E-state index is -0.101. The topological polar surface area (TPSA) is 84.7 Å². The quantitative estimate of drug-likeness (QED) is 0.863. The number of hydrogen-bond donors (Lipinski definition) is 2. The Bertz CT molecular complexity index is 673. The SMILES string of the molecule is CN1C(=O)COc2ccc(NC(=O)C3C4CCC(C4)C3N)cc21. The largest absolute Gasteiger partial charge is 0.482 e. The monoisotopic (exact) mass is 315 g/mol. The van der Waals surface area contributed by atoms with E-state index in [2.05, 4.69) is 5.32 Å². The van der Waals surface area contributed by atoms with E-state index in [0.717, 1.165) is 19.3 Å². The van der Waals surface area contributed by atoms with Crippen molar-refractivity contribution >= 4 is 23.2 Å². The number of nitrogens with two attached hydrogens (primary N) is 1. The number of nitrogens with zero attached hydrogens (tertiary/aromatic N) is 1. The number of likely N-dealkylation sites (N-methyl/N-ethyl adjacent to an activating group) is 1. The Kier molecular flexibility index (Phi) is 3.30. The van der Waals surface area contributed by atoms with Crippen molar-refractivity contribution in [1.82, 2.24) is 0 Å². The zero-order valence-electron chi connectivity index (χ0n) is 13.1. The van der Waals surface area contributed by atoms with E-state index < -0.39 is 0 Å². The Labute approximate surface area is 135 Å². The minimum Gasteiger partial charge on any atom is -0.482 e. The van der Waals surface area contributed by atoms with Gasteiger partial charge in [0.05, 0.1) is 11.6 Å². The van der Waals surface area contributed by atoms with Crippen LogP contribution >= 0.6 is 0 Å². The van der Waals surface area contributed by atoms with E-state index in [1.165, 1.54) is 0 Å². The smallest absolute Gasteiger partial charge is 0.264 e. The first kappa shape index (κ1) is 14.5. The van der Waals surface area contributed by atoms with Crippen molar-refractivity contribution in [2.75, 3.05) is 23.9 Å². The van der Waals surface area contributed by atoms with Crippen LogP contribution in [0.25, 0.3) is 0 Å². The van der Waals surface area contributed by atoms with Crippen LogP contribution < -0.4 is 20.7 Å². The van der Waals surface area contributed by atoms with Crippen LogP contribution in [-0.2, 0) is 9.59 Å². The maximum Gasteiger partial charge on any atom is 0.264 e. The molecule has 2 fully saturated rings. The van der Waals surface area contributed by atoms with Crippen LogP contribution in [0.4, 0.5) is 11.4 Å². The van der Waals surface area contributed by atoms with Crippen molar-refractivity contribution < 1.29 is 14.3 Å². The molecule has 1 heterocycles. The zero-order chi connectivity index (χ0) is 16.1. The van der Waals surface area contributed by atoms with E-state index in [0.29, 0.717) is 29.0 Å². The molecule has 1 aromatic rings. The Hall–Kier alpha value is -2.08. The normalized spacial score (nSPS) is 31.7. The van der Waals surface area contributed by atoms with Crippen molar-refractivity contribution in [1.29, 1.82) is 0 Å². The van der Waals surface area contributed by atoms with Gasteiger partial charge in [-0.3, -0.25) is 9.59 Å². The van der Waals surface area contributed by atoms with Gasteiger partial charge in [-0.15, -0.1) is 0 Å². The maximum atomic E-state index is 12.6. The van der Waals surface area contributed by atoms with Gasteiger partial charge in [0, 0.05) is 18.8 Å². The van der Waals surface area contributed by atoms with Gasteiger partial charge < -0.3 is 20.7 Å². The third kappa shape index (κ3) is 2.28. The van der Waals surface area contributed by atoms with E-state index in [9.17, 15) is 9.59 Å². The summed E-state index contributed by atoms with van der Waals surface area (Å²) in [4.78, 5) is 25.9. The fourth-order valence-corrected chi connectivity index (χ4v) is 4.30. The van der Waals surface area contributed by atoms with E-state index >= 15 is 0 Å². The van der Waals surface area contributed by atoms with Crippen molar-refractivity contribution in [3.05, 3.63) is 18.2 Å². The number of ether oxygens (including phenoxy) is 1. The number of carbonyl (C=O) groups excluding carboxylic acids is 2. The van der Waals surface area contributed by atoms with Crippen molar-refractivity contribution in [2.24, 2.45) is 23.5 Å². The van der Waals surface area contributed by atoms with Gasteiger partial charge in [0.25, 0.3) is 5.91 Å². The first-order chi connectivity index (χ1) is 11.0. The van der Waals surface area contributed by atoms with Crippen LogP contribution in [0, 0.1) is 17.8 Å². The average Bonchev–Trinajstić information content (AvgIpc) is 3.12. The molecule has 1 aromatic carbocycles. The van der Waals surface area contributed by atoms with Crippen LogP contribution in [0.5, 0.6) is 5.75 Å². The highest BCUT2D eigenvalue weighted by Gasteiger charge is 2.49. The number of benzene rings is 1. The second kappa shape index (κ2) is 5.23. The van der Waals surface area contributed by atoms with Crippen molar-refractivity contribution in [2.45, 2.75) is 25.3 Å². The van der Waals surface area contributed by atoms with Gasteiger partial charge in [-0.1, -0.05) is 0 Å². The standard InChI is InChI=1S/C17H21N3O3/c1-20-12-7-11(4-5-13(12)23-8-14(20)21)19-17(22)15-9-2-3-10(6-9)16(15)18/h4-5,7,9-10,15-16H,2-3,6,8,18H2,1H3,(H,19,22). The molecule has 1 aliphatic heterocycles. The number of anilines is 2. The van der Waals surface area contributed by atoms with Gasteiger partial charge in [0.15, 0.2) is 6.61 Å². The maximum absolute atomic E-state index is 12.6. The van der Waals surface area contributed by atoms with Gasteiger partial charge in [-0.25, -0.2) is 0 Å². The molecule has 122 valence electrons. The Morgan fingerprint density at radius 3 is 2.87 bits per heavy atom. The molecule has 2 amide bonds. The average molecular weight is 315 g/mol. The fraction of sp³-hybridized carbons (Fsp3) is 0.529. The lowest BCUT2D eigenvalue weighted by molar-refractivity contribution is -0.122. The third-order valence-corrected chi connectivity index (χ3v) is 5.60. The van der Waals surface area contributed by atoms with Gasteiger partial charge in [0.2, 0.25) is 5.91 Å². The highest BCUT2D eigenvalue weighted by Crippen LogP contribution is 2.48. The van der Waals surface area contributed by atoms with E-state index in [4.69, 9.17) is 10.5 Å². The molecule has 4 atom stereocenters. The van der Waals surface area contributed by atoms with Gasteiger partial charge in [-0.2, -0.15) is 0 Å². The summed E-state index contributed by atoms with van der Waals surface area (Å²) in [5, 5.41) is 2.97. The van der Waals surface area contributed by atoms with Crippen LogP contribution in [0.3, 0.4) is 0 Å². The first-order valence-electron chi connectivity index (χ1n) is 8.14. The summed E-state index contributed by atoms with van der Waals surface area (Å²) in [6.07, 6.45) is 3.33. The van der Waals surface area contributed by atoms with Gasteiger partial charge in [-0.05, 0) is 49.3 Å². The summed E-state index contributed by atoms with van der Waals surface area (Å²) in [6, 6.07) is 5.34. The zero-order valence-corrected chi connectivity index (χ0v) is 13.1. The Morgan fingerprint density at radius 1 is 1.35 bits per heavy atom. The second-order valence-electron chi connectivity index (χ2n) is 6.85. The molecule has 0 saturated heterocycles. The van der Waals surface area contributed by atoms with E-state index in [-0.39, 0.29) is 30.4 Å². The summed E-state index contributed by atoms with van der Waals surface area (Å²) in [5.41, 5.74) is 7.59. The van der Waals surface area contributed by atoms with Crippen molar-refractivity contribution in [3.8, 4) is 5.75 Å². The first-order valence-corrected chi connectivity index (χ1v) is 8.14. The molecule has 0 spiro atoms. The highest BCUT2D eigenvalue weighted by atomic mass is 16.5. The number of hydrogen-bond acceptors (Lipinski definition) is 4. The summed E-state index contributed by atoms with van der Waals surface area (Å²) < 4.78 is 5.40. The molecular weight excluding hydrogens is 294 g/mol. The molecule has 3 aliphatic rings. The number of nitrogens with one attached hydrogen (secondary N) is 1. The lowest BCUT2D eigenvalue weighted by atomic mass is 9.84. The minimum absolute atomic E-state index is 0.00430. The summed E-state index contributed by atoms with van der Waals surface area (Å²) in [6.45, 7) is 0.0508. The number of carbonyl (C=O) groups is 2. The lowest BCUT2D eigenvalue weighted by Gasteiger charge is -2.28. The molecule has 4 unspecified atom stereocenters. The van der Waals surface area contributed by atoms with Crippen LogP contribution in [-0.4, -0.2) is 31.5 Å². The summed E-state index contributed by atoms with van der Waals surface area (Å²) in [7, 11) is 1.71. The predicted molar refractivity (Wildman–Crippen MR) is 86.3 cm³/mol. The summed E-state index contributed by atoms with van der Waals surface area (Å²) >= 11 is 0. The molecule has 2 aliphatic carbocycles. The van der Waals surface area contributed by atoms with Crippen LogP contribution in [0.1, 0.15) is 19.3 Å². The van der Waals surface area contributed by atoms with Gasteiger partial charge in [0.1, 0.15) is 5.75 Å². The molecule has 6 heteroatoms. The Balaban J connectivity index is 1.53. The molecule has 2 bridgehead atoms. The van der Waals surface area contributed by atoms with E-state index in [1.807, 2.05) is 0 Å². The highest BCUT2D eigenvalue weighted by molar-refractivity contribution is 5.99. The molecule has 0 aromatic heterocycles. The molecule has 4 rings (SSSR count). The number of amides is 2. The van der Waals surface area contributed by atoms with Crippen molar-refractivity contribution in [3.63, 3.8) is 0 Å².